The highest BCUT2D eigenvalue weighted by Crippen LogP contribution is 2.39. The Morgan fingerprint density at radius 3 is 2.29 bits per heavy atom. The first-order valence-electron chi connectivity index (χ1n) is 8.23. The summed E-state index contributed by atoms with van der Waals surface area (Å²) < 4.78 is 36.4. The van der Waals surface area contributed by atoms with Crippen LogP contribution in [0.3, 0.4) is 0 Å². The van der Waals surface area contributed by atoms with Gasteiger partial charge in [-0.3, -0.25) is 0 Å². The largest absolute Gasteiger partial charge is 0.243 e. The molecule has 0 saturated heterocycles. The fourth-order valence-corrected chi connectivity index (χ4v) is 3.69. The minimum absolute atomic E-state index is 0.333. The molecule has 2 nitrogen and oxygen atoms in total. The molecule has 0 bridgehead atoms. The van der Waals surface area contributed by atoms with E-state index in [1.54, 1.807) is 18.2 Å². The first-order valence-corrected chi connectivity index (χ1v) is 10.1. The Hall–Kier alpha value is -1.68. The molecule has 1 atom stereocenters. The molecule has 0 aliphatic heterocycles. The maximum absolute atomic E-state index is 13.2. The number of hydrogen-bond acceptors (Lipinski definition) is 2. The number of sulfone groups is 1. The highest BCUT2D eigenvalue weighted by Gasteiger charge is 2.19. The first-order chi connectivity index (χ1) is 11.2. The summed E-state index contributed by atoms with van der Waals surface area (Å²) in [7, 11) is -3.18. The van der Waals surface area contributed by atoms with Crippen LogP contribution >= 0.6 is 0 Å². The Bertz CT molecular complexity index is 791. The number of hydrogen-bond donors (Lipinski definition) is 0. The molecule has 1 aliphatic rings. The maximum Gasteiger partial charge on any atom is 0.175 e. The summed E-state index contributed by atoms with van der Waals surface area (Å²) in [5.41, 5.74) is 5.80. The van der Waals surface area contributed by atoms with E-state index < -0.39 is 16.0 Å². The first kappa shape index (κ1) is 18.7. The van der Waals surface area contributed by atoms with Crippen molar-refractivity contribution < 1.29 is 12.8 Å². The topological polar surface area (TPSA) is 34.1 Å². The van der Waals surface area contributed by atoms with E-state index in [-0.39, 0.29) is 0 Å². The van der Waals surface area contributed by atoms with Gasteiger partial charge in [0.15, 0.2) is 9.84 Å². The van der Waals surface area contributed by atoms with Crippen molar-refractivity contribution in [3.05, 3.63) is 58.7 Å². The molecule has 0 saturated carbocycles. The van der Waals surface area contributed by atoms with Crippen LogP contribution < -0.4 is 0 Å². The van der Waals surface area contributed by atoms with Gasteiger partial charge in [0, 0.05) is 6.26 Å². The zero-order valence-electron chi connectivity index (χ0n) is 14.8. The SMILES string of the molecule is CC(C)=C(/C=C\C(C)F)C1=C(c2ccc(S(C)(=O)=O)cc2)CCC1. The molecule has 1 unspecified atom stereocenters. The molecule has 2 rings (SSSR count). The van der Waals surface area contributed by atoms with Crippen LogP contribution in [0.25, 0.3) is 5.57 Å². The van der Waals surface area contributed by atoms with Crippen LogP contribution in [0, 0.1) is 0 Å². The van der Waals surface area contributed by atoms with E-state index in [9.17, 15) is 12.8 Å². The third-order valence-electron chi connectivity index (χ3n) is 4.24. The molecular weight excluding hydrogens is 323 g/mol. The van der Waals surface area contributed by atoms with E-state index in [2.05, 4.69) is 0 Å². The minimum Gasteiger partial charge on any atom is -0.243 e. The van der Waals surface area contributed by atoms with Gasteiger partial charge in [0.05, 0.1) is 4.90 Å². The van der Waals surface area contributed by atoms with E-state index in [4.69, 9.17) is 0 Å². The van der Waals surface area contributed by atoms with E-state index in [0.29, 0.717) is 4.90 Å². The summed E-state index contributed by atoms with van der Waals surface area (Å²) in [6.45, 7) is 5.60. The van der Waals surface area contributed by atoms with Crippen molar-refractivity contribution in [3.63, 3.8) is 0 Å². The second-order valence-corrected chi connectivity index (χ2v) is 8.57. The van der Waals surface area contributed by atoms with Crippen LogP contribution in [0.15, 0.2) is 58.0 Å². The van der Waals surface area contributed by atoms with E-state index >= 15 is 0 Å². The van der Waals surface area contributed by atoms with Crippen molar-refractivity contribution in [1.82, 2.24) is 0 Å². The number of allylic oxidation sites excluding steroid dienone is 6. The van der Waals surface area contributed by atoms with Gasteiger partial charge in [0.25, 0.3) is 0 Å². The highest BCUT2D eigenvalue weighted by molar-refractivity contribution is 7.90. The Morgan fingerprint density at radius 1 is 1.17 bits per heavy atom. The quantitative estimate of drug-likeness (QED) is 0.679. The van der Waals surface area contributed by atoms with Crippen molar-refractivity contribution in [3.8, 4) is 0 Å². The number of alkyl halides is 1. The zero-order chi connectivity index (χ0) is 17.9. The third kappa shape index (κ3) is 4.44. The van der Waals surface area contributed by atoms with Crippen molar-refractivity contribution in [2.24, 2.45) is 0 Å². The van der Waals surface area contributed by atoms with Gasteiger partial charge >= 0.3 is 0 Å². The smallest absolute Gasteiger partial charge is 0.175 e. The second-order valence-electron chi connectivity index (χ2n) is 6.56. The molecule has 0 amide bonds. The molecule has 1 aliphatic carbocycles. The monoisotopic (exact) mass is 348 g/mol. The van der Waals surface area contributed by atoms with Crippen molar-refractivity contribution in [2.45, 2.75) is 51.1 Å². The van der Waals surface area contributed by atoms with Gasteiger partial charge in [-0.1, -0.05) is 29.9 Å². The lowest BCUT2D eigenvalue weighted by molar-refractivity contribution is 0.430. The van der Waals surface area contributed by atoms with Crippen LogP contribution in [-0.4, -0.2) is 20.8 Å². The number of benzene rings is 1. The Morgan fingerprint density at radius 2 is 1.79 bits per heavy atom. The van der Waals surface area contributed by atoms with Crippen LogP contribution in [-0.2, 0) is 9.84 Å². The molecule has 0 heterocycles. The minimum atomic E-state index is -3.18. The van der Waals surface area contributed by atoms with Crippen LogP contribution in [0.1, 0.15) is 45.6 Å². The fraction of sp³-hybridized carbons (Fsp3) is 0.400. The normalized spacial score (nSPS) is 16.7. The molecule has 1 aromatic carbocycles. The summed E-state index contributed by atoms with van der Waals surface area (Å²) in [6.07, 6.45) is 6.70. The van der Waals surface area contributed by atoms with E-state index in [1.807, 2.05) is 32.1 Å². The molecule has 130 valence electrons. The lowest BCUT2D eigenvalue weighted by Crippen LogP contribution is -1.97. The number of rotatable bonds is 5. The molecule has 0 fully saturated rings. The van der Waals surface area contributed by atoms with Crippen molar-refractivity contribution in [1.29, 1.82) is 0 Å². The summed E-state index contributed by atoms with van der Waals surface area (Å²) in [5, 5.41) is 0. The number of halogens is 1. The molecule has 0 N–H and O–H groups in total. The van der Waals surface area contributed by atoms with Crippen LogP contribution in [0.4, 0.5) is 4.39 Å². The molecule has 24 heavy (non-hydrogen) atoms. The summed E-state index contributed by atoms with van der Waals surface area (Å²) in [5.74, 6) is 0. The van der Waals surface area contributed by atoms with Gasteiger partial charge in [-0.05, 0) is 74.4 Å². The third-order valence-corrected chi connectivity index (χ3v) is 5.37. The van der Waals surface area contributed by atoms with Gasteiger partial charge in [0.2, 0.25) is 0 Å². The highest BCUT2D eigenvalue weighted by atomic mass is 32.2. The van der Waals surface area contributed by atoms with Gasteiger partial charge in [-0.2, -0.15) is 0 Å². The Balaban J connectivity index is 2.47. The second kappa shape index (κ2) is 7.47. The van der Waals surface area contributed by atoms with Crippen LogP contribution in [0.5, 0.6) is 0 Å². The zero-order valence-corrected chi connectivity index (χ0v) is 15.6. The molecule has 0 radical (unpaired) electrons. The van der Waals surface area contributed by atoms with Gasteiger partial charge in [-0.15, -0.1) is 0 Å². The molecule has 1 aromatic rings. The van der Waals surface area contributed by atoms with E-state index in [1.165, 1.54) is 24.3 Å². The Kier molecular flexibility index (Phi) is 5.81. The lowest BCUT2D eigenvalue weighted by atomic mass is 9.94. The van der Waals surface area contributed by atoms with Crippen molar-refractivity contribution in [2.75, 3.05) is 6.26 Å². The summed E-state index contributed by atoms with van der Waals surface area (Å²) in [6, 6.07) is 7.08. The predicted octanol–water partition coefficient (Wildman–Crippen LogP) is 5.28. The van der Waals surface area contributed by atoms with Gasteiger partial charge in [-0.25, -0.2) is 12.8 Å². The van der Waals surface area contributed by atoms with Crippen LogP contribution in [0.2, 0.25) is 0 Å². The molecule has 0 spiro atoms. The average molecular weight is 348 g/mol. The summed E-state index contributed by atoms with van der Waals surface area (Å²) in [4.78, 5) is 0.333. The maximum atomic E-state index is 13.2. The standard InChI is InChI=1S/C20H25FO2S/c1-14(2)18(13-8-15(3)21)20-7-5-6-19(20)16-9-11-17(12-10-16)24(4,22)23/h8-13,15H,5-7H2,1-4H3/b13-8-. The Labute approximate surface area is 144 Å². The predicted molar refractivity (Wildman–Crippen MR) is 98.4 cm³/mol. The fourth-order valence-electron chi connectivity index (χ4n) is 3.06. The van der Waals surface area contributed by atoms with Gasteiger partial charge < -0.3 is 0 Å². The molecular formula is C20H25FO2S. The molecule has 4 heteroatoms. The molecule has 0 aromatic heterocycles. The van der Waals surface area contributed by atoms with Gasteiger partial charge in [0.1, 0.15) is 6.17 Å². The average Bonchev–Trinajstić information content (AvgIpc) is 2.95. The van der Waals surface area contributed by atoms with E-state index in [0.717, 1.165) is 36.0 Å². The lowest BCUT2D eigenvalue weighted by Gasteiger charge is -2.12. The van der Waals surface area contributed by atoms with Crippen molar-refractivity contribution >= 4 is 15.4 Å². The summed E-state index contributed by atoms with van der Waals surface area (Å²) >= 11 is 0.